The van der Waals surface area contributed by atoms with Gasteiger partial charge in [0.15, 0.2) is 0 Å². The lowest BCUT2D eigenvalue weighted by molar-refractivity contribution is 0.0954. The van der Waals surface area contributed by atoms with E-state index in [0.717, 1.165) is 29.9 Å². The summed E-state index contributed by atoms with van der Waals surface area (Å²) in [5, 5.41) is 5.93. The predicted molar refractivity (Wildman–Crippen MR) is 102 cm³/mol. The molecule has 0 unspecified atom stereocenters. The molecule has 2 N–H and O–H groups in total. The molecule has 134 valence electrons. The highest BCUT2D eigenvalue weighted by molar-refractivity contribution is 7.94. The Hall–Kier alpha value is -2.45. The van der Waals surface area contributed by atoms with Crippen molar-refractivity contribution < 1.29 is 13.2 Å². The van der Waals surface area contributed by atoms with Crippen LogP contribution in [0.5, 0.6) is 0 Å². The highest BCUT2D eigenvalue weighted by Crippen LogP contribution is 2.40. The third-order valence-electron chi connectivity index (χ3n) is 4.62. The number of hydrogen-bond acceptors (Lipinski definition) is 5. The first-order valence-electron chi connectivity index (χ1n) is 8.23. The van der Waals surface area contributed by atoms with E-state index < -0.39 is 10.0 Å². The summed E-state index contributed by atoms with van der Waals surface area (Å²) in [6.45, 7) is 0. The number of benzene rings is 1. The quantitative estimate of drug-likeness (QED) is 0.610. The Bertz CT molecular complexity index is 977. The molecular formula is C18H17N3O3S2. The van der Waals surface area contributed by atoms with Gasteiger partial charge in [0, 0.05) is 22.9 Å². The summed E-state index contributed by atoms with van der Waals surface area (Å²) in [5.41, 5.74) is 4.45. The fourth-order valence-corrected chi connectivity index (χ4v) is 5.21. The Morgan fingerprint density at radius 1 is 1.19 bits per heavy atom. The fraction of sp³-hybridized carbons (Fsp3) is 0.222. The molecule has 1 amide bonds. The molecule has 0 saturated heterocycles. The molecule has 0 bridgehead atoms. The summed E-state index contributed by atoms with van der Waals surface area (Å²) in [7, 11) is -3.59. The van der Waals surface area contributed by atoms with Gasteiger partial charge < -0.3 is 0 Å². The average Bonchev–Trinajstić information content (AvgIpc) is 3.26. The standard InChI is InChI=1S/C18H17N3O3S2/c22-18(20-19-16-11-13-3-1-4-15(13)16)12-6-8-14(9-7-12)21-26(23,24)17-5-2-10-25-17/h1-3,5-10,13,15,21H,4,11H2,(H,20,22)/b19-16-/t13-,15-/m0/s1. The van der Waals surface area contributed by atoms with E-state index in [-0.39, 0.29) is 10.1 Å². The molecule has 0 radical (unpaired) electrons. The number of carbonyl (C=O) groups is 1. The van der Waals surface area contributed by atoms with Crippen molar-refractivity contribution in [3.63, 3.8) is 0 Å². The topological polar surface area (TPSA) is 87.6 Å². The van der Waals surface area contributed by atoms with Crippen LogP contribution in [0.4, 0.5) is 5.69 Å². The number of amides is 1. The van der Waals surface area contributed by atoms with Gasteiger partial charge >= 0.3 is 0 Å². The maximum Gasteiger partial charge on any atom is 0.271 e. The van der Waals surface area contributed by atoms with Crippen LogP contribution in [0.3, 0.4) is 0 Å². The highest BCUT2D eigenvalue weighted by Gasteiger charge is 2.38. The monoisotopic (exact) mass is 387 g/mol. The van der Waals surface area contributed by atoms with E-state index in [1.54, 1.807) is 41.8 Å². The molecule has 8 heteroatoms. The molecule has 1 fully saturated rings. The fourth-order valence-electron chi connectivity index (χ4n) is 3.16. The van der Waals surface area contributed by atoms with Crippen LogP contribution >= 0.6 is 11.3 Å². The van der Waals surface area contributed by atoms with Gasteiger partial charge in [-0.3, -0.25) is 9.52 Å². The second kappa shape index (κ2) is 6.69. The van der Waals surface area contributed by atoms with Gasteiger partial charge in [0.1, 0.15) is 4.21 Å². The largest absolute Gasteiger partial charge is 0.279 e. The Balaban J connectivity index is 1.38. The molecule has 26 heavy (non-hydrogen) atoms. The Kier molecular flexibility index (Phi) is 4.37. The summed E-state index contributed by atoms with van der Waals surface area (Å²) in [5.74, 6) is 0.727. The van der Waals surface area contributed by atoms with Crippen LogP contribution in [0, 0.1) is 11.8 Å². The summed E-state index contributed by atoms with van der Waals surface area (Å²) >= 11 is 1.15. The molecule has 1 aromatic heterocycles. The first-order valence-corrected chi connectivity index (χ1v) is 10.6. The van der Waals surface area contributed by atoms with Gasteiger partial charge in [-0.1, -0.05) is 18.2 Å². The second-order valence-electron chi connectivity index (χ2n) is 6.30. The van der Waals surface area contributed by atoms with Crippen molar-refractivity contribution in [3.8, 4) is 0 Å². The minimum atomic E-state index is -3.59. The number of thiophene rings is 1. The number of nitrogens with one attached hydrogen (secondary N) is 2. The Labute approximate surface area is 155 Å². The lowest BCUT2D eigenvalue weighted by Gasteiger charge is -2.31. The first-order chi connectivity index (χ1) is 12.5. The number of rotatable bonds is 5. The van der Waals surface area contributed by atoms with Crippen molar-refractivity contribution in [2.75, 3.05) is 4.72 Å². The van der Waals surface area contributed by atoms with Crippen LogP contribution in [0.25, 0.3) is 0 Å². The van der Waals surface area contributed by atoms with E-state index in [9.17, 15) is 13.2 Å². The van der Waals surface area contributed by atoms with Gasteiger partial charge in [0.25, 0.3) is 15.9 Å². The van der Waals surface area contributed by atoms with Crippen LogP contribution in [-0.2, 0) is 10.0 Å². The molecule has 1 heterocycles. The van der Waals surface area contributed by atoms with E-state index in [4.69, 9.17) is 0 Å². The number of hydrogen-bond donors (Lipinski definition) is 2. The van der Waals surface area contributed by atoms with Gasteiger partial charge in [-0.2, -0.15) is 5.10 Å². The molecule has 0 spiro atoms. The number of allylic oxidation sites excluding steroid dienone is 2. The maximum atomic E-state index is 12.2. The van der Waals surface area contributed by atoms with Crippen molar-refractivity contribution in [2.24, 2.45) is 16.9 Å². The number of sulfonamides is 1. The minimum absolute atomic E-state index is 0.246. The zero-order valence-corrected chi connectivity index (χ0v) is 15.4. The van der Waals surface area contributed by atoms with Crippen molar-refractivity contribution in [1.82, 2.24) is 5.43 Å². The maximum absolute atomic E-state index is 12.2. The van der Waals surface area contributed by atoms with Crippen LogP contribution < -0.4 is 10.1 Å². The summed E-state index contributed by atoms with van der Waals surface area (Å²) in [6.07, 6.45) is 6.28. The number of fused-ring (bicyclic) bond motifs is 1. The van der Waals surface area contributed by atoms with Gasteiger partial charge in [-0.15, -0.1) is 11.3 Å². The van der Waals surface area contributed by atoms with E-state index in [1.165, 1.54) is 0 Å². The van der Waals surface area contributed by atoms with Crippen molar-refractivity contribution in [1.29, 1.82) is 0 Å². The minimum Gasteiger partial charge on any atom is -0.279 e. The van der Waals surface area contributed by atoms with Crippen molar-refractivity contribution in [3.05, 3.63) is 59.5 Å². The third kappa shape index (κ3) is 3.30. The van der Waals surface area contributed by atoms with Gasteiger partial charge in [-0.25, -0.2) is 13.8 Å². The van der Waals surface area contributed by atoms with Crippen molar-refractivity contribution in [2.45, 2.75) is 17.1 Å². The smallest absolute Gasteiger partial charge is 0.271 e. The Morgan fingerprint density at radius 2 is 2.00 bits per heavy atom. The molecule has 1 saturated carbocycles. The molecule has 6 nitrogen and oxygen atoms in total. The molecule has 2 aliphatic carbocycles. The molecule has 2 aromatic rings. The number of carbonyl (C=O) groups excluding carboxylic acids is 1. The lowest BCUT2D eigenvalue weighted by Crippen LogP contribution is -2.35. The van der Waals surface area contributed by atoms with E-state index in [0.29, 0.717) is 23.1 Å². The molecule has 0 aliphatic heterocycles. The normalized spacial score (nSPS) is 22.7. The molecule has 2 atom stereocenters. The second-order valence-corrected chi connectivity index (χ2v) is 9.15. The van der Waals surface area contributed by atoms with Crippen LogP contribution in [-0.4, -0.2) is 20.0 Å². The number of anilines is 1. The molecule has 2 aliphatic rings. The highest BCUT2D eigenvalue weighted by atomic mass is 32.2. The molecule has 1 aromatic carbocycles. The predicted octanol–water partition coefficient (Wildman–Crippen LogP) is 3.23. The lowest BCUT2D eigenvalue weighted by atomic mass is 9.74. The summed E-state index contributed by atoms with van der Waals surface area (Å²) in [6, 6.07) is 9.49. The molecule has 4 rings (SSSR count). The van der Waals surface area contributed by atoms with Crippen LogP contribution in [0.2, 0.25) is 0 Å². The average molecular weight is 387 g/mol. The SMILES string of the molecule is O=C(N/N=C1/C[C@@H]2C=CC[C@H]12)c1ccc(NS(=O)(=O)c2cccs2)cc1. The summed E-state index contributed by atoms with van der Waals surface area (Å²) < 4.78 is 27.1. The van der Waals surface area contributed by atoms with Crippen LogP contribution in [0.15, 0.2) is 63.2 Å². The number of hydrazone groups is 1. The van der Waals surface area contributed by atoms with E-state index in [2.05, 4.69) is 27.4 Å². The number of nitrogens with zero attached hydrogens (tertiary/aromatic N) is 1. The zero-order valence-electron chi connectivity index (χ0n) is 13.8. The first kappa shape index (κ1) is 17.0. The van der Waals surface area contributed by atoms with Crippen molar-refractivity contribution >= 4 is 38.7 Å². The van der Waals surface area contributed by atoms with Gasteiger partial charge in [0.05, 0.1) is 0 Å². The van der Waals surface area contributed by atoms with Gasteiger partial charge in [0.2, 0.25) is 0 Å². The summed E-state index contributed by atoms with van der Waals surface area (Å²) in [4.78, 5) is 12.2. The van der Waals surface area contributed by atoms with E-state index in [1.807, 2.05) is 0 Å². The zero-order chi connectivity index (χ0) is 18.1. The third-order valence-corrected chi connectivity index (χ3v) is 7.40. The van der Waals surface area contributed by atoms with Crippen LogP contribution in [0.1, 0.15) is 23.2 Å². The Morgan fingerprint density at radius 3 is 2.69 bits per heavy atom. The molecular weight excluding hydrogens is 370 g/mol. The van der Waals surface area contributed by atoms with E-state index >= 15 is 0 Å². The van der Waals surface area contributed by atoms with Gasteiger partial charge in [-0.05, 0) is 54.5 Å².